The van der Waals surface area contributed by atoms with Crippen LogP contribution in [0.1, 0.15) is 48.1 Å². The van der Waals surface area contributed by atoms with Crippen molar-refractivity contribution in [2.75, 3.05) is 32.7 Å². The first kappa shape index (κ1) is 17.2. The minimum Gasteiger partial charge on any atom is -0.478 e. The van der Waals surface area contributed by atoms with Crippen molar-refractivity contribution in [1.29, 1.82) is 0 Å². The largest absolute Gasteiger partial charge is 0.478 e. The summed E-state index contributed by atoms with van der Waals surface area (Å²) in [6.07, 6.45) is 1.98. The van der Waals surface area contributed by atoms with Crippen LogP contribution < -0.4 is 0 Å². The highest BCUT2D eigenvalue weighted by Gasteiger charge is 2.19. The summed E-state index contributed by atoms with van der Waals surface area (Å²) < 4.78 is 5.06. The predicted molar refractivity (Wildman–Crippen MR) is 79.6 cm³/mol. The Balaban J connectivity index is 2.58. The monoisotopic (exact) mass is 296 g/mol. The molecule has 0 saturated carbocycles. The molecule has 0 radical (unpaired) electrons. The van der Waals surface area contributed by atoms with Crippen LogP contribution in [0.2, 0.25) is 0 Å². The molecule has 0 saturated heterocycles. The quantitative estimate of drug-likeness (QED) is 0.756. The molecular formula is C15H24N2O4. The molecule has 0 spiro atoms. The number of hydrogen-bond donors (Lipinski definition) is 1. The first-order valence-electron chi connectivity index (χ1n) is 7.36. The van der Waals surface area contributed by atoms with Gasteiger partial charge in [0.05, 0.1) is 5.56 Å². The van der Waals surface area contributed by atoms with Gasteiger partial charge in [0, 0.05) is 19.2 Å². The third-order valence-corrected chi connectivity index (χ3v) is 3.52. The van der Waals surface area contributed by atoms with Crippen molar-refractivity contribution in [1.82, 2.24) is 9.80 Å². The van der Waals surface area contributed by atoms with Crippen LogP contribution in [0.5, 0.6) is 0 Å². The SMILES string of the molecule is CCN(CC)CCCN(CC)C(=O)c1cc(C(=O)O)co1. The number of carbonyl (C=O) groups is 2. The zero-order valence-electron chi connectivity index (χ0n) is 13.0. The first-order chi connectivity index (χ1) is 10.0. The van der Waals surface area contributed by atoms with Crippen molar-refractivity contribution in [3.05, 3.63) is 23.7 Å². The van der Waals surface area contributed by atoms with Crippen molar-refractivity contribution in [2.45, 2.75) is 27.2 Å². The zero-order chi connectivity index (χ0) is 15.8. The second-order valence-corrected chi connectivity index (χ2v) is 4.77. The summed E-state index contributed by atoms with van der Waals surface area (Å²) in [6, 6.07) is 1.28. The molecule has 0 aliphatic carbocycles. The summed E-state index contributed by atoms with van der Waals surface area (Å²) in [7, 11) is 0. The van der Waals surface area contributed by atoms with Crippen molar-refractivity contribution in [2.24, 2.45) is 0 Å². The van der Waals surface area contributed by atoms with Crippen molar-refractivity contribution < 1.29 is 19.1 Å². The molecule has 1 N–H and O–H groups in total. The molecule has 0 unspecified atom stereocenters. The van der Waals surface area contributed by atoms with E-state index in [2.05, 4.69) is 18.7 Å². The standard InChI is InChI=1S/C15H24N2O4/c1-4-16(5-2)8-7-9-17(6-3)14(18)13-10-12(11-21-13)15(19)20/h10-11H,4-9H2,1-3H3,(H,19,20). The molecule has 6 heteroatoms. The lowest BCUT2D eigenvalue weighted by atomic mass is 10.2. The number of furan rings is 1. The average Bonchev–Trinajstić information content (AvgIpc) is 2.97. The number of carboxylic acids is 1. The van der Waals surface area contributed by atoms with Gasteiger partial charge in [-0.15, -0.1) is 0 Å². The summed E-state index contributed by atoms with van der Waals surface area (Å²) in [4.78, 5) is 27.0. The van der Waals surface area contributed by atoms with Crippen molar-refractivity contribution in [3.63, 3.8) is 0 Å². The Morgan fingerprint density at radius 1 is 1.14 bits per heavy atom. The van der Waals surface area contributed by atoms with E-state index in [4.69, 9.17) is 9.52 Å². The van der Waals surface area contributed by atoms with Crippen LogP contribution in [0, 0.1) is 0 Å². The molecule has 1 amide bonds. The van der Waals surface area contributed by atoms with E-state index >= 15 is 0 Å². The molecule has 21 heavy (non-hydrogen) atoms. The van der Waals surface area contributed by atoms with E-state index in [9.17, 15) is 9.59 Å². The summed E-state index contributed by atoms with van der Waals surface area (Å²) in [5.41, 5.74) is -0.00227. The zero-order valence-corrected chi connectivity index (χ0v) is 13.0. The molecule has 1 aromatic rings. The molecule has 0 aliphatic rings. The smallest absolute Gasteiger partial charge is 0.338 e. The molecule has 118 valence electrons. The van der Waals surface area contributed by atoms with Crippen LogP contribution in [0.15, 0.2) is 16.7 Å². The van der Waals surface area contributed by atoms with Crippen LogP contribution in [0.4, 0.5) is 0 Å². The van der Waals surface area contributed by atoms with Gasteiger partial charge in [-0.2, -0.15) is 0 Å². The Kier molecular flexibility index (Phi) is 6.94. The van der Waals surface area contributed by atoms with Gasteiger partial charge < -0.3 is 19.3 Å². The van der Waals surface area contributed by atoms with Gasteiger partial charge in [0.25, 0.3) is 5.91 Å². The normalized spacial score (nSPS) is 10.9. The first-order valence-corrected chi connectivity index (χ1v) is 7.36. The number of amides is 1. The Morgan fingerprint density at radius 3 is 2.29 bits per heavy atom. The van der Waals surface area contributed by atoms with E-state index in [0.717, 1.165) is 32.3 Å². The number of rotatable bonds is 9. The highest BCUT2D eigenvalue weighted by Crippen LogP contribution is 2.11. The number of hydrogen-bond acceptors (Lipinski definition) is 4. The molecule has 0 aromatic carbocycles. The number of aromatic carboxylic acids is 1. The maximum Gasteiger partial charge on any atom is 0.338 e. The predicted octanol–water partition coefficient (Wildman–Crippen LogP) is 2.17. The lowest BCUT2D eigenvalue weighted by molar-refractivity contribution is 0.0693. The van der Waals surface area contributed by atoms with E-state index in [0.29, 0.717) is 13.1 Å². The Morgan fingerprint density at radius 2 is 1.81 bits per heavy atom. The van der Waals surface area contributed by atoms with Crippen LogP contribution in [-0.4, -0.2) is 59.5 Å². The highest BCUT2D eigenvalue weighted by molar-refractivity contribution is 5.95. The maximum absolute atomic E-state index is 12.3. The second-order valence-electron chi connectivity index (χ2n) is 4.77. The second kappa shape index (κ2) is 8.46. The minimum atomic E-state index is -1.10. The van der Waals surface area contributed by atoms with Crippen LogP contribution in [0.25, 0.3) is 0 Å². The third-order valence-electron chi connectivity index (χ3n) is 3.52. The number of carboxylic acid groups (broad SMARTS) is 1. The Bertz CT molecular complexity index is 466. The summed E-state index contributed by atoms with van der Waals surface area (Å²) in [6.45, 7) is 10.3. The van der Waals surface area contributed by atoms with E-state index in [1.165, 1.54) is 6.07 Å². The molecule has 0 atom stereocenters. The summed E-state index contributed by atoms with van der Waals surface area (Å²) >= 11 is 0. The summed E-state index contributed by atoms with van der Waals surface area (Å²) in [5.74, 6) is -1.27. The Labute approximate surface area is 125 Å². The number of carbonyl (C=O) groups excluding carboxylic acids is 1. The van der Waals surface area contributed by atoms with Gasteiger partial charge in [0.1, 0.15) is 6.26 Å². The van der Waals surface area contributed by atoms with Crippen LogP contribution >= 0.6 is 0 Å². The van der Waals surface area contributed by atoms with Gasteiger partial charge in [0.15, 0.2) is 5.76 Å². The molecule has 1 aromatic heterocycles. The highest BCUT2D eigenvalue weighted by atomic mass is 16.4. The minimum absolute atomic E-state index is 0.00227. The third kappa shape index (κ3) is 4.90. The van der Waals surface area contributed by atoms with E-state index < -0.39 is 5.97 Å². The molecular weight excluding hydrogens is 272 g/mol. The van der Waals surface area contributed by atoms with Crippen LogP contribution in [-0.2, 0) is 0 Å². The van der Waals surface area contributed by atoms with Gasteiger partial charge in [-0.1, -0.05) is 13.8 Å². The fraction of sp³-hybridized carbons (Fsp3) is 0.600. The van der Waals surface area contributed by atoms with Crippen molar-refractivity contribution in [3.8, 4) is 0 Å². The van der Waals surface area contributed by atoms with Gasteiger partial charge >= 0.3 is 5.97 Å². The number of nitrogens with zero attached hydrogens (tertiary/aromatic N) is 2. The fourth-order valence-corrected chi connectivity index (χ4v) is 2.14. The molecule has 0 bridgehead atoms. The lowest BCUT2D eigenvalue weighted by Crippen LogP contribution is -2.34. The van der Waals surface area contributed by atoms with Gasteiger partial charge in [0.2, 0.25) is 0 Å². The van der Waals surface area contributed by atoms with Crippen LogP contribution in [0.3, 0.4) is 0 Å². The van der Waals surface area contributed by atoms with Gasteiger partial charge in [-0.25, -0.2) is 4.79 Å². The van der Waals surface area contributed by atoms with E-state index in [1.54, 1.807) is 4.90 Å². The van der Waals surface area contributed by atoms with Crippen molar-refractivity contribution >= 4 is 11.9 Å². The topological polar surface area (TPSA) is 74.0 Å². The van der Waals surface area contributed by atoms with E-state index in [-0.39, 0.29) is 17.2 Å². The fourth-order valence-electron chi connectivity index (χ4n) is 2.14. The lowest BCUT2D eigenvalue weighted by Gasteiger charge is -2.22. The molecule has 0 aliphatic heterocycles. The summed E-state index contributed by atoms with van der Waals surface area (Å²) in [5, 5.41) is 8.84. The Hall–Kier alpha value is -1.82. The molecule has 1 heterocycles. The molecule has 0 fully saturated rings. The maximum atomic E-state index is 12.3. The molecule has 6 nitrogen and oxygen atoms in total. The van der Waals surface area contributed by atoms with E-state index in [1.807, 2.05) is 6.92 Å². The van der Waals surface area contributed by atoms with Gasteiger partial charge in [-0.05, 0) is 33.0 Å². The molecule has 1 rings (SSSR count). The van der Waals surface area contributed by atoms with Gasteiger partial charge in [-0.3, -0.25) is 4.79 Å². The average molecular weight is 296 g/mol.